The topological polar surface area (TPSA) is 0 Å². The van der Waals surface area contributed by atoms with Crippen LogP contribution in [0.3, 0.4) is 0 Å². The normalized spacial score (nSPS) is 7.40. The number of hydrogen-bond donors (Lipinski definition) is 1. The van der Waals surface area contributed by atoms with Gasteiger partial charge in [-0.25, -0.2) is 0 Å². The van der Waals surface area contributed by atoms with E-state index < -0.39 is 0 Å². The van der Waals surface area contributed by atoms with Gasteiger partial charge in [-0.2, -0.15) is 12.6 Å². The van der Waals surface area contributed by atoms with Gasteiger partial charge < -0.3 is 0 Å². The summed E-state index contributed by atoms with van der Waals surface area (Å²) in [7, 11) is 4.95. The van der Waals surface area contributed by atoms with Crippen LogP contribution in [0.15, 0.2) is 0 Å². The van der Waals surface area contributed by atoms with Gasteiger partial charge in [-0.3, -0.25) is 0 Å². The minimum atomic E-state index is 0.452. The van der Waals surface area contributed by atoms with Crippen LogP contribution in [0, 0.1) is 0 Å². The fourth-order valence-corrected chi connectivity index (χ4v) is 0. The average Bonchev–Trinajstić information content (AvgIpc) is 1.38. The zero-order chi connectivity index (χ0) is 4.28. The van der Waals surface area contributed by atoms with Crippen LogP contribution in [0.1, 0.15) is 0 Å². The van der Waals surface area contributed by atoms with Crippen molar-refractivity contribution in [2.75, 3.05) is 5.75 Å². The molecule has 0 amide bonds. The third-order valence-corrected chi connectivity index (χ3v) is 0.855. The molecule has 0 unspecified atom stereocenters. The van der Waals surface area contributed by atoms with Crippen LogP contribution >= 0.6 is 24.8 Å². The van der Waals surface area contributed by atoms with Gasteiger partial charge in [-0.05, 0) is 4.76 Å². The molecule has 2 radical (unpaired) electrons. The first-order valence-corrected chi connectivity index (χ1v) is 2.20. The lowest BCUT2D eigenvalue weighted by atomic mass is 10.1. The predicted octanol–water partition coefficient (Wildman–Crippen LogP) is 0.412. The summed E-state index contributed by atoms with van der Waals surface area (Å²) in [5.74, 6) is 0.509. The van der Waals surface area contributed by atoms with Crippen molar-refractivity contribution in [3.63, 3.8) is 0 Å². The van der Waals surface area contributed by atoms with Crippen molar-refractivity contribution < 1.29 is 0 Å². The molecule has 0 N–H and O–H groups in total. The molecule has 0 aliphatic heterocycles. The molecule has 0 fully saturated rings. The molecular weight excluding hydrogens is 99.0 g/mol. The highest BCUT2D eigenvalue weighted by Gasteiger charge is 1.71. The van der Waals surface area contributed by atoms with E-state index in [0.717, 1.165) is 0 Å². The molecule has 0 spiro atoms. The Morgan fingerprint density at radius 1 is 2.00 bits per heavy atom. The Morgan fingerprint density at radius 3 is 2.20 bits per heavy atom. The standard InChI is InChI=1S/C2H3BS2/c3-2(5)1-4/h4H,1H2. The molecule has 0 aromatic heterocycles. The van der Waals surface area contributed by atoms with Gasteiger partial charge in [0.15, 0.2) is 0 Å². The Labute approximate surface area is 43.8 Å². The lowest BCUT2D eigenvalue weighted by molar-refractivity contribution is 2.16. The molecule has 0 heterocycles. The molecule has 0 nitrogen and oxygen atoms in total. The van der Waals surface area contributed by atoms with E-state index >= 15 is 0 Å². The molecule has 5 heavy (non-hydrogen) atoms. The van der Waals surface area contributed by atoms with Gasteiger partial charge in [-0.1, -0.05) is 0 Å². The van der Waals surface area contributed by atoms with Crippen LogP contribution in [-0.4, -0.2) is 18.4 Å². The highest BCUT2D eigenvalue weighted by molar-refractivity contribution is 7.88. The van der Waals surface area contributed by atoms with Crippen LogP contribution < -0.4 is 0 Å². The van der Waals surface area contributed by atoms with Crippen LogP contribution in [-0.2, 0) is 0 Å². The smallest absolute Gasteiger partial charge is 0.125 e. The van der Waals surface area contributed by atoms with E-state index in [4.69, 9.17) is 7.85 Å². The van der Waals surface area contributed by atoms with E-state index in [1.165, 1.54) is 0 Å². The lowest BCUT2D eigenvalue weighted by Gasteiger charge is -1.76. The predicted molar refractivity (Wildman–Crippen MR) is 32.2 cm³/mol. The van der Waals surface area contributed by atoms with Crippen molar-refractivity contribution in [3.05, 3.63) is 0 Å². The van der Waals surface area contributed by atoms with E-state index in [2.05, 4.69) is 24.8 Å². The van der Waals surface area contributed by atoms with Crippen molar-refractivity contribution in [1.82, 2.24) is 0 Å². The summed E-state index contributed by atoms with van der Waals surface area (Å²) in [4.78, 5) is 0. The Morgan fingerprint density at radius 2 is 2.20 bits per heavy atom. The number of hydrogen-bond acceptors (Lipinski definition) is 2. The van der Waals surface area contributed by atoms with Gasteiger partial charge in [0.05, 0.1) is 0 Å². The van der Waals surface area contributed by atoms with E-state index in [-0.39, 0.29) is 0 Å². The van der Waals surface area contributed by atoms with Gasteiger partial charge in [0.25, 0.3) is 0 Å². The van der Waals surface area contributed by atoms with Crippen molar-refractivity contribution in [1.29, 1.82) is 0 Å². The maximum absolute atomic E-state index is 4.95. The lowest BCUT2D eigenvalue weighted by Crippen LogP contribution is -1.90. The first-order valence-electron chi connectivity index (χ1n) is 1.16. The molecule has 0 aliphatic carbocycles. The summed E-state index contributed by atoms with van der Waals surface area (Å²) in [5.41, 5.74) is 0. The van der Waals surface area contributed by atoms with Crippen molar-refractivity contribution >= 4 is 37.5 Å². The maximum Gasteiger partial charge on any atom is 0.125 e. The third kappa shape index (κ3) is 4.50. The van der Waals surface area contributed by atoms with Gasteiger partial charge >= 0.3 is 0 Å². The molecule has 0 rings (SSSR count). The second kappa shape index (κ2) is 2.73. The van der Waals surface area contributed by atoms with Crippen LogP contribution in [0.5, 0.6) is 0 Å². The molecule has 3 heteroatoms. The maximum atomic E-state index is 4.95. The Bertz CT molecular complexity index is 42.9. The Kier molecular flexibility index (Phi) is 3.00. The monoisotopic (exact) mass is 102 g/mol. The molecule has 0 bridgehead atoms. The van der Waals surface area contributed by atoms with Crippen molar-refractivity contribution in [2.45, 2.75) is 0 Å². The molecule has 0 aromatic carbocycles. The zero-order valence-electron chi connectivity index (χ0n) is 2.64. The SMILES string of the molecule is [B]C(=S)CS. The number of rotatable bonds is 1. The van der Waals surface area contributed by atoms with E-state index in [1.807, 2.05) is 0 Å². The fraction of sp³-hybridized carbons (Fsp3) is 0.500. The first kappa shape index (κ1) is 5.50. The summed E-state index contributed by atoms with van der Waals surface area (Å²) in [6.07, 6.45) is 0. The quantitative estimate of drug-likeness (QED) is 0.284. The molecular formula is C2H3BS2. The summed E-state index contributed by atoms with van der Waals surface area (Å²) < 4.78 is 0.452. The van der Waals surface area contributed by atoms with Crippen LogP contribution in [0.25, 0.3) is 0 Å². The zero-order valence-corrected chi connectivity index (χ0v) is 4.35. The highest BCUT2D eigenvalue weighted by Crippen LogP contribution is 1.71. The fourth-order valence-electron chi connectivity index (χ4n) is 0. The summed E-state index contributed by atoms with van der Waals surface area (Å²) >= 11 is 8.15. The van der Waals surface area contributed by atoms with Gasteiger partial charge in [0.1, 0.15) is 7.85 Å². The second-order valence-corrected chi connectivity index (χ2v) is 1.47. The van der Waals surface area contributed by atoms with Gasteiger partial charge in [0.2, 0.25) is 0 Å². The van der Waals surface area contributed by atoms with Crippen molar-refractivity contribution in [2.24, 2.45) is 0 Å². The number of thiocarbonyl (C=S) groups is 1. The third-order valence-electron chi connectivity index (χ3n) is 0.156. The minimum Gasteiger partial charge on any atom is -0.175 e. The van der Waals surface area contributed by atoms with Gasteiger partial charge in [-0.15, -0.1) is 12.2 Å². The molecule has 0 atom stereocenters. The minimum absolute atomic E-state index is 0.452. The largest absolute Gasteiger partial charge is 0.175 e. The average molecular weight is 102 g/mol. The molecule has 0 saturated carbocycles. The summed E-state index contributed by atoms with van der Waals surface area (Å²) in [6, 6.07) is 0. The van der Waals surface area contributed by atoms with Gasteiger partial charge in [0, 0.05) is 5.75 Å². The van der Waals surface area contributed by atoms with E-state index in [9.17, 15) is 0 Å². The summed E-state index contributed by atoms with van der Waals surface area (Å²) in [5, 5.41) is 0. The Hall–Kier alpha value is 0.505. The first-order chi connectivity index (χ1) is 2.27. The van der Waals surface area contributed by atoms with E-state index in [1.54, 1.807) is 0 Å². The van der Waals surface area contributed by atoms with Crippen LogP contribution in [0.4, 0.5) is 0 Å². The Balaban J connectivity index is 2.85. The number of thiol groups is 1. The highest BCUT2D eigenvalue weighted by atomic mass is 32.1. The second-order valence-electron chi connectivity index (χ2n) is 0.624. The summed E-state index contributed by atoms with van der Waals surface area (Å²) in [6.45, 7) is 0. The van der Waals surface area contributed by atoms with E-state index in [0.29, 0.717) is 10.5 Å². The van der Waals surface area contributed by atoms with Crippen LogP contribution in [0.2, 0.25) is 0 Å². The molecule has 0 aliphatic rings. The van der Waals surface area contributed by atoms with Crippen molar-refractivity contribution in [3.8, 4) is 0 Å². The molecule has 0 aromatic rings. The molecule has 26 valence electrons. The molecule has 0 saturated heterocycles.